The molecular weight excluding hydrogens is 398 g/mol. The molecule has 0 atom stereocenters. The van der Waals surface area contributed by atoms with Crippen LogP contribution < -0.4 is 21.8 Å². The zero-order valence-corrected chi connectivity index (χ0v) is 15.2. The van der Waals surface area contributed by atoms with Gasteiger partial charge < -0.3 is 15.4 Å². The summed E-state index contributed by atoms with van der Waals surface area (Å²) in [5.74, 6) is -1.79. The second kappa shape index (κ2) is 6.76. The van der Waals surface area contributed by atoms with Crippen molar-refractivity contribution in [1.29, 1.82) is 0 Å². The van der Waals surface area contributed by atoms with Crippen molar-refractivity contribution >= 4 is 23.4 Å². The summed E-state index contributed by atoms with van der Waals surface area (Å²) >= 11 is 0. The zero-order chi connectivity index (χ0) is 20.8. The van der Waals surface area contributed by atoms with Gasteiger partial charge >= 0.3 is 5.69 Å². The zero-order valence-electron chi connectivity index (χ0n) is 15.2. The molecule has 5 rings (SSSR count). The van der Waals surface area contributed by atoms with E-state index in [4.69, 9.17) is 0 Å². The van der Waals surface area contributed by atoms with E-state index in [1.54, 1.807) is 0 Å². The van der Waals surface area contributed by atoms with Crippen LogP contribution in [0.4, 0.5) is 20.4 Å². The highest BCUT2D eigenvalue weighted by Gasteiger charge is 2.21. The smallest absolute Gasteiger partial charge is 0.326 e. The maximum Gasteiger partial charge on any atom is 0.326 e. The molecule has 0 aliphatic heterocycles. The summed E-state index contributed by atoms with van der Waals surface area (Å²) in [7, 11) is 0. The number of nitrogens with one attached hydrogen (secondary N) is 3. The van der Waals surface area contributed by atoms with Crippen LogP contribution in [0.2, 0.25) is 0 Å². The van der Waals surface area contributed by atoms with Crippen molar-refractivity contribution in [1.82, 2.24) is 29.5 Å². The number of rotatable bonds is 4. The molecule has 4 N–H and O–H groups in total. The van der Waals surface area contributed by atoms with Crippen molar-refractivity contribution in [3.05, 3.63) is 63.0 Å². The molecule has 1 fully saturated rings. The average molecular weight is 412 g/mol. The summed E-state index contributed by atoms with van der Waals surface area (Å²) in [5, 5.41) is 17.2. The number of aromatic hydroxyl groups is 1. The Morgan fingerprint density at radius 1 is 1.27 bits per heavy atom. The Labute approximate surface area is 165 Å². The molecule has 1 aliphatic carbocycles. The number of H-pyrrole nitrogens is 2. The summed E-state index contributed by atoms with van der Waals surface area (Å²) in [4.78, 5) is 29.2. The van der Waals surface area contributed by atoms with Crippen molar-refractivity contribution in [3.8, 4) is 5.88 Å². The summed E-state index contributed by atoms with van der Waals surface area (Å²) in [6.45, 7) is 0. The van der Waals surface area contributed by atoms with Crippen molar-refractivity contribution in [3.63, 3.8) is 0 Å². The number of aromatic nitrogens is 6. The van der Waals surface area contributed by atoms with Gasteiger partial charge in [-0.15, -0.1) is 0 Å². The fraction of sp³-hybridized carbons (Fsp3) is 0.167. The summed E-state index contributed by atoms with van der Waals surface area (Å²) in [6.07, 6.45) is 4.81. The van der Waals surface area contributed by atoms with Crippen LogP contribution in [0.5, 0.6) is 5.88 Å². The van der Waals surface area contributed by atoms with E-state index >= 15 is 0 Å². The van der Waals surface area contributed by atoms with Crippen LogP contribution in [-0.2, 0) is 0 Å². The van der Waals surface area contributed by atoms with Gasteiger partial charge in [0.05, 0.1) is 17.9 Å². The Balaban J connectivity index is 1.68. The maximum atomic E-state index is 14.1. The Hall–Kier alpha value is -4.09. The normalized spacial score (nSPS) is 15.3. The minimum atomic E-state index is -0.797. The number of aromatic amines is 2. The van der Waals surface area contributed by atoms with Gasteiger partial charge in [0.1, 0.15) is 17.3 Å². The van der Waals surface area contributed by atoms with Crippen molar-refractivity contribution in [2.45, 2.75) is 18.9 Å². The number of hydrogen-bond donors (Lipinski definition) is 4. The molecule has 3 heterocycles. The van der Waals surface area contributed by atoms with E-state index in [1.807, 2.05) is 0 Å². The SMILES string of the molecule is O=c1[nH]c(O)c(/C=c2\cnn3c(=NC4CC4)nc(Nc4ccc(F)cc4F)nc23)[nH]1. The highest BCUT2D eigenvalue weighted by atomic mass is 19.1. The molecule has 10 nitrogen and oxygen atoms in total. The Morgan fingerprint density at radius 2 is 2.10 bits per heavy atom. The highest BCUT2D eigenvalue weighted by Crippen LogP contribution is 2.22. The first-order valence-electron chi connectivity index (χ1n) is 9.01. The Morgan fingerprint density at radius 3 is 2.80 bits per heavy atom. The largest absolute Gasteiger partial charge is 0.493 e. The lowest BCUT2D eigenvalue weighted by Crippen LogP contribution is -2.24. The molecule has 3 aromatic heterocycles. The topological polar surface area (TPSA) is 136 Å². The monoisotopic (exact) mass is 412 g/mol. The minimum Gasteiger partial charge on any atom is -0.493 e. The van der Waals surface area contributed by atoms with Crippen LogP contribution in [0.1, 0.15) is 18.5 Å². The molecule has 0 bridgehead atoms. The first kappa shape index (κ1) is 18.0. The lowest BCUT2D eigenvalue weighted by atomic mass is 10.3. The third kappa shape index (κ3) is 3.38. The Kier molecular flexibility index (Phi) is 4.05. The van der Waals surface area contributed by atoms with Gasteiger partial charge in [0.25, 0.3) is 5.62 Å². The first-order chi connectivity index (χ1) is 14.5. The number of hydrogen-bond acceptors (Lipinski definition) is 7. The van der Waals surface area contributed by atoms with Gasteiger partial charge in [-0.3, -0.25) is 4.98 Å². The van der Waals surface area contributed by atoms with E-state index in [2.05, 4.69) is 35.3 Å². The van der Waals surface area contributed by atoms with Crippen LogP contribution in [0.25, 0.3) is 11.7 Å². The number of halogens is 2. The van der Waals surface area contributed by atoms with Gasteiger partial charge in [0.15, 0.2) is 5.65 Å². The van der Waals surface area contributed by atoms with E-state index in [0.29, 0.717) is 10.9 Å². The molecule has 0 saturated heterocycles. The Bertz CT molecular complexity index is 1450. The molecule has 0 spiro atoms. The quantitative estimate of drug-likeness (QED) is 0.385. The van der Waals surface area contributed by atoms with Crippen molar-refractivity contribution in [2.75, 3.05) is 5.32 Å². The second-order valence-corrected chi connectivity index (χ2v) is 6.78. The predicted octanol–water partition coefficient (Wildman–Crippen LogP) is 0.479. The number of imidazole rings is 1. The van der Waals surface area contributed by atoms with Crippen LogP contribution in [0, 0.1) is 11.6 Å². The van der Waals surface area contributed by atoms with Crippen LogP contribution in [-0.4, -0.2) is 40.7 Å². The second-order valence-electron chi connectivity index (χ2n) is 6.78. The van der Waals surface area contributed by atoms with Gasteiger partial charge in [0, 0.05) is 11.3 Å². The van der Waals surface area contributed by atoms with E-state index in [1.165, 1.54) is 22.9 Å². The average Bonchev–Trinajstić information content (AvgIpc) is 3.33. The van der Waals surface area contributed by atoms with E-state index in [-0.39, 0.29) is 34.9 Å². The number of anilines is 2. The third-order valence-electron chi connectivity index (χ3n) is 4.44. The van der Waals surface area contributed by atoms with Gasteiger partial charge in [-0.2, -0.15) is 19.6 Å². The predicted molar refractivity (Wildman–Crippen MR) is 101 cm³/mol. The summed E-state index contributed by atoms with van der Waals surface area (Å²) in [6, 6.07) is 3.23. The molecule has 12 heteroatoms. The van der Waals surface area contributed by atoms with E-state index < -0.39 is 17.3 Å². The molecule has 0 unspecified atom stereocenters. The third-order valence-corrected chi connectivity index (χ3v) is 4.44. The van der Waals surface area contributed by atoms with Crippen LogP contribution in [0.3, 0.4) is 0 Å². The molecule has 0 amide bonds. The lowest BCUT2D eigenvalue weighted by molar-refractivity contribution is 0.454. The first-order valence-corrected chi connectivity index (χ1v) is 9.01. The van der Waals surface area contributed by atoms with Crippen molar-refractivity contribution < 1.29 is 13.9 Å². The molecule has 1 aromatic carbocycles. The minimum absolute atomic E-state index is 0.00391. The number of fused-ring (bicyclic) bond motifs is 1. The molecule has 0 radical (unpaired) electrons. The molecule has 30 heavy (non-hydrogen) atoms. The van der Waals surface area contributed by atoms with Gasteiger partial charge in [-0.05, 0) is 31.1 Å². The van der Waals surface area contributed by atoms with Crippen molar-refractivity contribution in [2.24, 2.45) is 4.99 Å². The highest BCUT2D eigenvalue weighted by molar-refractivity contribution is 5.59. The van der Waals surface area contributed by atoms with Crippen LogP contribution >= 0.6 is 0 Å². The maximum absolute atomic E-state index is 14.1. The fourth-order valence-electron chi connectivity index (χ4n) is 2.85. The fourth-order valence-corrected chi connectivity index (χ4v) is 2.85. The molecule has 4 aromatic rings. The molecular formula is C18H14F2N8O2. The lowest BCUT2D eigenvalue weighted by Gasteiger charge is -2.06. The summed E-state index contributed by atoms with van der Waals surface area (Å²) in [5.41, 5.74) is 0.155. The number of benzene rings is 1. The van der Waals surface area contributed by atoms with Gasteiger partial charge in [-0.25, -0.2) is 18.6 Å². The molecule has 1 aliphatic rings. The standard InChI is InChI=1S/C18H14F2N8O2/c19-9-1-4-12(11(20)6-9)23-16-25-14-8(5-13-15(29)26-18(30)24-13)7-21-28(14)17(27-16)22-10-2-3-10/h1,4-7,10,29H,2-3H2,(H,22,23,27)(H2,24,26,30)/b8-5+. The molecule has 1 saturated carbocycles. The van der Waals surface area contributed by atoms with E-state index in [0.717, 1.165) is 25.0 Å². The summed E-state index contributed by atoms with van der Waals surface area (Å²) < 4.78 is 28.7. The molecule has 152 valence electrons. The van der Waals surface area contributed by atoms with Gasteiger partial charge in [0.2, 0.25) is 11.8 Å². The van der Waals surface area contributed by atoms with Crippen LogP contribution in [0.15, 0.2) is 34.2 Å². The van der Waals surface area contributed by atoms with E-state index in [9.17, 15) is 18.7 Å². The number of nitrogens with zero attached hydrogens (tertiary/aromatic N) is 5. The van der Waals surface area contributed by atoms with Gasteiger partial charge in [-0.1, -0.05) is 0 Å².